The quantitative estimate of drug-likeness (QED) is 0.632. The smallest absolute Gasteiger partial charge is 0.259 e. The second-order valence-electron chi connectivity index (χ2n) is 5.00. The third kappa shape index (κ3) is 5.00. The number of nitrogens with one attached hydrogen (secondary N) is 2. The van der Waals surface area contributed by atoms with E-state index < -0.39 is 0 Å². The maximum Gasteiger partial charge on any atom is 0.259 e. The number of hydrogen-bond acceptors (Lipinski definition) is 3. The lowest BCUT2D eigenvalue weighted by molar-refractivity contribution is -0.119. The van der Waals surface area contributed by atoms with Gasteiger partial charge in [-0.2, -0.15) is 5.10 Å². The van der Waals surface area contributed by atoms with E-state index in [4.69, 9.17) is 0 Å². The fourth-order valence-electron chi connectivity index (χ4n) is 1.80. The summed E-state index contributed by atoms with van der Waals surface area (Å²) < 4.78 is 1.01. The number of amides is 1. The van der Waals surface area contributed by atoms with E-state index in [1.165, 1.54) is 11.1 Å². The van der Waals surface area contributed by atoms with Crippen LogP contribution in [0.15, 0.2) is 52.0 Å². The second-order valence-corrected chi connectivity index (χ2v) is 5.91. The Morgan fingerprint density at radius 3 is 2.55 bits per heavy atom. The molecule has 4 nitrogen and oxygen atoms in total. The first kappa shape index (κ1) is 16.2. The molecule has 0 aliphatic carbocycles. The number of rotatable bonds is 5. The van der Waals surface area contributed by atoms with Gasteiger partial charge in [0.05, 0.1) is 12.8 Å². The van der Waals surface area contributed by atoms with E-state index in [9.17, 15) is 4.79 Å². The van der Waals surface area contributed by atoms with E-state index in [0.717, 1.165) is 15.7 Å². The summed E-state index contributed by atoms with van der Waals surface area (Å²) in [7, 11) is 0. The predicted molar refractivity (Wildman–Crippen MR) is 94.3 cm³/mol. The van der Waals surface area contributed by atoms with Gasteiger partial charge in [-0.3, -0.25) is 4.79 Å². The zero-order valence-corrected chi connectivity index (χ0v) is 14.1. The highest BCUT2D eigenvalue weighted by atomic mass is 79.9. The second kappa shape index (κ2) is 7.75. The lowest BCUT2D eigenvalue weighted by Gasteiger charge is -2.07. The zero-order valence-electron chi connectivity index (χ0n) is 12.6. The zero-order chi connectivity index (χ0) is 15.9. The molecule has 0 fully saturated rings. The Morgan fingerprint density at radius 1 is 1.14 bits per heavy atom. The molecule has 2 N–H and O–H groups in total. The van der Waals surface area contributed by atoms with E-state index in [1.54, 1.807) is 6.21 Å². The number of aryl methyl sites for hydroxylation is 2. The Balaban J connectivity index is 1.80. The van der Waals surface area contributed by atoms with Crippen molar-refractivity contribution in [1.29, 1.82) is 0 Å². The van der Waals surface area contributed by atoms with Crippen LogP contribution in [0.3, 0.4) is 0 Å². The number of benzene rings is 2. The molecule has 0 aliphatic heterocycles. The predicted octanol–water partition coefficient (Wildman–Crippen LogP) is 3.63. The van der Waals surface area contributed by atoms with E-state index in [-0.39, 0.29) is 12.5 Å². The van der Waals surface area contributed by atoms with Crippen molar-refractivity contribution in [3.63, 3.8) is 0 Å². The summed E-state index contributed by atoms with van der Waals surface area (Å²) in [5.74, 6) is -0.188. The first-order valence-corrected chi connectivity index (χ1v) is 7.72. The molecule has 0 radical (unpaired) electrons. The van der Waals surface area contributed by atoms with Gasteiger partial charge in [0.25, 0.3) is 5.91 Å². The summed E-state index contributed by atoms with van der Waals surface area (Å²) in [5, 5.41) is 7.01. The number of carbonyl (C=O) groups excluding carboxylic acids is 1. The minimum atomic E-state index is -0.188. The molecule has 2 aromatic rings. The maximum absolute atomic E-state index is 11.7. The minimum absolute atomic E-state index is 0.181. The van der Waals surface area contributed by atoms with Crippen LogP contribution in [0, 0.1) is 13.8 Å². The van der Waals surface area contributed by atoms with Crippen LogP contribution in [0.25, 0.3) is 0 Å². The molecule has 0 saturated carbocycles. The Kier molecular flexibility index (Phi) is 5.72. The molecule has 0 aliphatic rings. The molecule has 2 aromatic carbocycles. The number of anilines is 1. The molecule has 0 spiro atoms. The van der Waals surface area contributed by atoms with Crippen molar-refractivity contribution in [3.05, 3.63) is 63.6 Å². The van der Waals surface area contributed by atoms with Crippen LogP contribution in [-0.4, -0.2) is 18.7 Å². The van der Waals surface area contributed by atoms with E-state index in [2.05, 4.69) is 38.7 Å². The molecule has 0 bridgehead atoms. The van der Waals surface area contributed by atoms with Gasteiger partial charge in [-0.05, 0) is 54.8 Å². The maximum atomic E-state index is 11.7. The summed E-state index contributed by atoms with van der Waals surface area (Å²) in [5.41, 5.74) is 6.77. The van der Waals surface area contributed by atoms with Crippen LogP contribution in [0.1, 0.15) is 16.7 Å². The van der Waals surface area contributed by atoms with Crippen LogP contribution in [-0.2, 0) is 4.79 Å². The van der Waals surface area contributed by atoms with Crippen LogP contribution < -0.4 is 10.7 Å². The molecule has 0 unspecified atom stereocenters. The summed E-state index contributed by atoms with van der Waals surface area (Å²) >= 11 is 3.37. The third-order valence-electron chi connectivity index (χ3n) is 3.23. The monoisotopic (exact) mass is 359 g/mol. The van der Waals surface area contributed by atoms with Gasteiger partial charge < -0.3 is 5.32 Å². The lowest BCUT2D eigenvalue weighted by Crippen LogP contribution is -2.25. The van der Waals surface area contributed by atoms with Gasteiger partial charge in [-0.1, -0.05) is 34.1 Å². The number of nitrogens with zero attached hydrogens (tertiary/aromatic N) is 1. The summed E-state index contributed by atoms with van der Waals surface area (Å²) in [4.78, 5) is 11.7. The number of hydrazone groups is 1. The van der Waals surface area contributed by atoms with Crippen molar-refractivity contribution in [1.82, 2.24) is 5.43 Å². The van der Waals surface area contributed by atoms with Crippen LogP contribution in [0.5, 0.6) is 0 Å². The van der Waals surface area contributed by atoms with E-state index in [1.807, 2.05) is 49.4 Å². The Hall–Kier alpha value is -2.14. The topological polar surface area (TPSA) is 53.5 Å². The molecule has 5 heteroatoms. The van der Waals surface area contributed by atoms with Gasteiger partial charge in [-0.25, -0.2) is 5.43 Å². The molecule has 0 aromatic heterocycles. The van der Waals surface area contributed by atoms with Crippen LogP contribution >= 0.6 is 15.9 Å². The average molecular weight is 360 g/mol. The molecule has 0 atom stereocenters. The minimum Gasteiger partial charge on any atom is -0.376 e. The normalized spacial score (nSPS) is 10.7. The van der Waals surface area contributed by atoms with Gasteiger partial charge in [0.1, 0.15) is 0 Å². The SMILES string of the molecule is Cc1ccc(NCC(=O)N/N=C\c2ccc(Br)cc2)cc1C. The Labute approximate surface area is 138 Å². The molecular formula is C17H18BrN3O. The largest absolute Gasteiger partial charge is 0.376 e. The van der Waals surface area contributed by atoms with Gasteiger partial charge in [0.15, 0.2) is 0 Å². The number of carbonyl (C=O) groups is 1. The molecule has 1 amide bonds. The standard InChI is InChI=1S/C17H18BrN3O/c1-12-3-8-16(9-13(12)2)19-11-17(22)21-20-10-14-4-6-15(18)7-5-14/h3-10,19H,11H2,1-2H3,(H,21,22)/b20-10-. The van der Waals surface area contributed by atoms with Crippen LogP contribution in [0.2, 0.25) is 0 Å². The fraction of sp³-hybridized carbons (Fsp3) is 0.176. The van der Waals surface area contributed by atoms with Crippen molar-refractivity contribution in [2.75, 3.05) is 11.9 Å². The first-order valence-electron chi connectivity index (χ1n) is 6.93. The summed E-state index contributed by atoms with van der Waals surface area (Å²) in [6.45, 7) is 4.28. The van der Waals surface area contributed by atoms with Crippen molar-refractivity contribution in [2.45, 2.75) is 13.8 Å². The fourth-order valence-corrected chi connectivity index (χ4v) is 2.07. The van der Waals surface area contributed by atoms with E-state index in [0.29, 0.717) is 0 Å². The molecule has 22 heavy (non-hydrogen) atoms. The average Bonchev–Trinajstić information content (AvgIpc) is 2.50. The Morgan fingerprint density at radius 2 is 1.86 bits per heavy atom. The highest BCUT2D eigenvalue weighted by Crippen LogP contribution is 2.13. The van der Waals surface area contributed by atoms with Crippen molar-refractivity contribution in [2.24, 2.45) is 5.10 Å². The summed E-state index contributed by atoms with van der Waals surface area (Å²) in [6.07, 6.45) is 1.61. The van der Waals surface area contributed by atoms with Gasteiger partial charge in [0, 0.05) is 10.2 Å². The lowest BCUT2D eigenvalue weighted by atomic mass is 10.1. The van der Waals surface area contributed by atoms with Gasteiger partial charge >= 0.3 is 0 Å². The molecule has 0 saturated heterocycles. The molecular weight excluding hydrogens is 342 g/mol. The third-order valence-corrected chi connectivity index (χ3v) is 3.76. The first-order chi connectivity index (χ1) is 10.5. The van der Waals surface area contributed by atoms with Crippen molar-refractivity contribution < 1.29 is 4.79 Å². The van der Waals surface area contributed by atoms with Crippen molar-refractivity contribution >= 4 is 33.7 Å². The summed E-state index contributed by atoms with van der Waals surface area (Å²) in [6, 6.07) is 13.7. The molecule has 2 rings (SSSR count). The molecule has 114 valence electrons. The van der Waals surface area contributed by atoms with Crippen molar-refractivity contribution in [3.8, 4) is 0 Å². The highest BCUT2D eigenvalue weighted by molar-refractivity contribution is 9.10. The Bertz CT molecular complexity index is 681. The van der Waals surface area contributed by atoms with Crippen LogP contribution in [0.4, 0.5) is 5.69 Å². The molecule has 0 heterocycles. The highest BCUT2D eigenvalue weighted by Gasteiger charge is 2.00. The number of hydrogen-bond donors (Lipinski definition) is 2. The number of halogens is 1. The van der Waals surface area contributed by atoms with E-state index >= 15 is 0 Å². The van der Waals surface area contributed by atoms with Gasteiger partial charge in [0.2, 0.25) is 0 Å². The van der Waals surface area contributed by atoms with Gasteiger partial charge in [-0.15, -0.1) is 0 Å².